The van der Waals surface area contributed by atoms with Crippen molar-refractivity contribution in [2.45, 2.75) is 39.8 Å². The van der Waals surface area contributed by atoms with E-state index in [9.17, 15) is 19.7 Å². The fourth-order valence-electron chi connectivity index (χ4n) is 4.31. The van der Waals surface area contributed by atoms with Crippen molar-refractivity contribution in [1.82, 2.24) is 4.57 Å². The van der Waals surface area contributed by atoms with Crippen molar-refractivity contribution in [2.75, 3.05) is 20.3 Å². The number of hydrogen-bond donors (Lipinski definition) is 0. The van der Waals surface area contributed by atoms with Crippen molar-refractivity contribution in [3.05, 3.63) is 87.5 Å². The summed E-state index contributed by atoms with van der Waals surface area (Å²) in [5, 5.41) is 11.8. The van der Waals surface area contributed by atoms with E-state index in [1.807, 2.05) is 13.8 Å². The molecule has 2 heterocycles. The molecule has 0 bridgehead atoms. The molecule has 0 amide bonds. The molecule has 41 heavy (non-hydrogen) atoms. The topological polar surface area (TPSA) is 131 Å². The quantitative estimate of drug-likeness (QED) is 0.181. The van der Waals surface area contributed by atoms with E-state index in [4.69, 9.17) is 18.9 Å². The minimum atomic E-state index is -0.862. The number of carbonyl (C=O) groups is 1. The molecule has 1 atom stereocenters. The van der Waals surface area contributed by atoms with Crippen molar-refractivity contribution in [3.8, 4) is 17.2 Å². The Balaban J connectivity index is 1.90. The van der Waals surface area contributed by atoms with E-state index in [0.717, 1.165) is 11.3 Å². The highest BCUT2D eigenvalue weighted by Gasteiger charge is 2.31. The van der Waals surface area contributed by atoms with Gasteiger partial charge in [-0.2, -0.15) is 0 Å². The van der Waals surface area contributed by atoms with Crippen molar-refractivity contribution < 1.29 is 28.7 Å². The van der Waals surface area contributed by atoms with E-state index in [1.165, 1.54) is 23.9 Å². The summed E-state index contributed by atoms with van der Waals surface area (Å²) in [4.78, 5) is 42.6. The Morgan fingerprint density at radius 1 is 1.20 bits per heavy atom. The maximum absolute atomic E-state index is 13.8. The minimum Gasteiger partial charge on any atom is -0.490 e. The normalized spacial score (nSPS) is 14.7. The largest absolute Gasteiger partial charge is 0.490 e. The molecule has 11 nitrogen and oxygen atoms in total. The number of aromatic nitrogens is 1. The molecule has 0 aliphatic carbocycles. The van der Waals surface area contributed by atoms with Crippen LogP contribution in [-0.4, -0.2) is 41.9 Å². The first-order valence-electron chi connectivity index (χ1n) is 12.7. The zero-order chi connectivity index (χ0) is 29.8. The van der Waals surface area contributed by atoms with Crippen molar-refractivity contribution in [3.63, 3.8) is 0 Å². The number of carbonyl (C=O) groups excluding carboxylic acids is 1. The molecule has 0 unspecified atom stereocenters. The lowest BCUT2D eigenvalue weighted by molar-refractivity contribution is -0.386. The summed E-state index contributed by atoms with van der Waals surface area (Å²) in [6, 6.07) is 7.34. The van der Waals surface area contributed by atoms with Crippen LogP contribution in [0, 0.1) is 10.1 Å². The van der Waals surface area contributed by atoms with Gasteiger partial charge < -0.3 is 18.9 Å². The summed E-state index contributed by atoms with van der Waals surface area (Å²) < 4.78 is 24.1. The standard InChI is InChI=1S/C28H28BrN3O8S/c1-6-38-21-9-8-17(13-22(21)39-7-2)24-18(27(34)37-5)14-30-28-31(24)26(33)23(41-28)12-16-10-19(29)25(40-15(3)4)20(11-16)32(35)36/h8-15,24H,6-7H2,1-5H3/b23-12+/t24-/m1/s1. The second kappa shape index (κ2) is 12.7. The molecule has 1 aliphatic heterocycles. The van der Waals surface area contributed by atoms with Crippen LogP contribution in [0.1, 0.15) is 44.9 Å². The van der Waals surface area contributed by atoms with E-state index in [1.54, 1.807) is 44.2 Å². The number of fused-ring (bicyclic) bond motifs is 1. The first kappa shape index (κ1) is 30.0. The van der Waals surface area contributed by atoms with Gasteiger partial charge in [0.2, 0.25) is 5.75 Å². The SMILES string of the molecule is CCOc1ccc([C@@H]2C(C(=O)OC)=CN=c3s/c(=C/c4cc(Br)c(OC(C)C)c([N+](=O)[O-])c4)c(=O)n32)cc1OCC. The molecule has 0 fully saturated rings. The summed E-state index contributed by atoms with van der Waals surface area (Å²) in [6.45, 7) is 8.06. The molecule has 1 aliphatic rings. The van der Waals surface area contributed by atoms with Crippen LogP contribution in [0.4, 0.5) is 5.69 Å². The number of nitro benzene ring substituents is 1. The molecule has 13 heteroatoms. The predicted molar refractivity (Wildman–Crippen MR) is 157 cm³/mol. The second-order valence-electron chi connectivity index (χ2n) is 9.02. The Labute approximate surface area is 247 Å². The number of esters is 1. The Bertz CT molecular complexity index is 1710. The van der Waals surface area contributed by atoms with Gasteiger partial charge in [-0.25, -0.2) is 9.79 Å². The van der Waals surface area contributed by atoms with Gasteiger partial charge in [0.15, 0.2) is 16.3 Å². The lowest BCUT2D eigenvalue weighted by Gasteiger charge is -2.23. The number of nitro groups is 1. The Kier molecular flexibility index (Phi) is 9.28. The minimum absolute atomic E-state index is 0.104. The molecule has 0 radical (unpaired) electrons. The highest BCUT2D eigenvalue weighted by molar-refractivity contribution is 9.10. The van der Waals surface area contributed by atoms with Gasteiger partial charge in [0, 0.05) is 12.3 Å². The third-order valence-electron chi connectivity index (χ3n) is 5.90. The van der Waals surface area contributed by atoms with Crippen LogP contribution < -0.4 is 29.1 Å². The number of hydrogen-bond acceptors (Lipinski definition) is 10. The summed E-state index contributed by atoms with van der Waals surface area (Å²) in [6.07, 6.45) is 2.65. The van der Waals surface area contributed by atoms with E-state index in [0.29, 0.717) is 45.1 Å². The molecule has 216 valence electrons. The molecule has 0 N–H and O–H groups in total. The van der Waals surface area contributed by atoms with E-state index < -0.39 is 22.5 Å². The average Bonchev–Trinajstić information content (AvgIpc) is 3.24. The van der Waals surface area contributed by atoms with Gasteiger partial charge in [0.1, 0.15) is 0 Å². The van der Waals surface area contributed by atoms with Gasteiger partial charge in [-0.1, -0.05) is 17.4 Å². The summed E-state index contributed by atoms with van der Waals surface area (Å²) in [5.41, 5.74) is 0.488. The average molecular weight is 647 g/mol. The fourth-order valence-corrected chi connectivity index (χ4v) is 5.84. The second-order valence-corrected chi connectivity index (χ2v) is 10.9. The summed E-state index contributed by atoms with van der Waals surface area (Å²) in [7, 11) is 1.26. The predicted octanol–water partition coefficient (Wildman–Crippen LogP) is 4.27. The van der Waals surface area contributed by atoms with Gasteiger partial charge in [0.25, 0.3) is 5.56 Å². The number of nitrogens with zero attached hydrogens (tertiary/aromatic N) is 3. The zero-order valence-electron chi connectivity index (χ0n) is 23.0. The smallest absolute Gasteiger partial charge is 0.337 e. The van der Waals surface area contributed by atoms with Crippen LogP contribution in [0.2, 0.25) is 0 Å². The fraction of sp³-hybridized carbons (Fsp3) is 0.321. The number of thiazole rings is 1. The number of ether oxygens (including phenoxy) is 4. The number of rotatable bonds is 10. The van der Waals surface area contributed by atoms with Gasteiger partial charge in [-0.3, -0.25) is 19.5 Å². The first-order valence-corrected chi connectivity index (χ1v) is 14.3. The lowest BCUT2D eigenvalue weighted by Crippen LogP contribution is -2.39. The molecule has 2 aromatic carbocycles. The van der Waals surface area contributed by atoms with Crippen LogP contribution in [0.3, 0.4) is 0 Å². The monoisotopic (exact) mass is 645 g/mol. The van der Waals surface area contributed by atoms with Gasteiger partial charge in [-0.15, -0.1) is 0 Å². The molecular formula is C28H28BrN3O8S. The number of halogens is 1. The van der Waals surface area contributed by atoms with Crippen LogP contribution in [-0.2, 0) is 9.53 Å². The van der Waals surface area contributed by atoms with Crippen molar-refractivity contribution in [2.24, 2.45) is 4.99 Å². The molecule has 0 saturated carbocycles. The Hall–Kier alpha value is -3.97. The molecule has 3 aromatic rings. The van der Waals surface area contributed by atoms with Crippen LogP contribution in [0.25, 0.3) is 6.08 Å². The third kappa shape index (κ3) is 6.20. The highest BCUT2D eigenvalue weighted by Crippen LogP contribution is 2.38. The number of methoxy groups -OCH3 is 1. The highest BCUT2D eigenvalue weighted by atomic mass is 79.9. The maximum atomic E-state index is 13.8. The van der Waals surface area contributed by atoms with Gasteiger partial charge >= 0.3 is 11.7 Å². The Morgan fingerprint density at radius 3 is 2.54 bits per heavy atom. The van der Waals surface area contributed by atoms with Gasteiger partial charge in [-0.05, 0) is 79.0 Å². The third-order valence-corrected chi connectivity index (χ3v) is 7.49. The Morgan fingerprint density at radius 2 is 1.90 bits per heavy atom. The van der Waals surface area contributed by atoms with Crippen LogP contribution >= 0.6 is 27.3 Å². The van der Waals surface area contributed by atoms with Crippen LogP contribution in [0.15, 0.2) is 56.4 Å². The van der Waals surface area contributed by atoms with E-state index in [2.05, 4.69) is 20.9 Å². The van der Waals surface area contributed by atoms with Crippen molar-refractivity contribution >= 4 is 45.0 Å². The van der Waals surface area contributed by atoms with E-state index >= 15 is 0 Å². The summed E-state index contributed by atoms with van der Waals surface area (Å²) >= 11 is 4.46. The molecule has 0 spiro atoms. The molecule has 4 rings (SSSR count). The first-order chi connectivity index (χ1) is 19.6. The molecular weight excluding hydrogens is 618 g/mol. The number of benzene rings is 2. The van der Waals surface area contributed by atoms with Crippen molar-refractivity contribution in [1.29, 1.82) is 0 Å². The van der Waals surface area contributed by atoms with Gasteiger partial charge in [0.05, 0.1) is 52.0 Å². The molecule has 0 saturated heterocycles. The zero-order valence-corrected chi connectivity index (χ0v) is 25.4. The maximum Gasteiger partial charge on any atom is 0.337 e. The van der Waals surface area contributed by atoms with E-state index in [-0.39, 0.29) is 27.6 Å². The summed E-state index contributed by atoms with van der Waals surface area (Å²) in [5.74, 6) is 0.467. The lowest BCUT2D eigenvalue weighted by atomic mass is 9.97. The van der Waals surface area contributed by atoms with Crippen LogP contribution in [0.5, 0.6) is 17.2 Å². The molecule has 1 aromatic heterocycles.